The number of nitrogens with zero attached hydrogens (tertiary/aromatic N) is 2. The highest BCUT2D eigenvalue weighted by atomic mass is 32.1. The summed E-state index contributed by atoms with van der Waals surface area (Å²) in [4.78, 5) is 11.7. The molecule has 0 saturated carbocycles. The molecule has 0 fully saturated rings. The summed E-state index contributed by atoms with van der Waals surface area (Å²) in [6.45, 7) is 0.366. The molecule has 4 rings (SSSR count). The van der Waals surface area contributed by atoms with Crippen molar-refractivity contribution in [3.8, 4) is 22.6 Å². The van der Waals surface area contributed by atoms with Crippen LogP contribution in [0.3, 0.4) is 0 Å². The Labute approximate surface area is 178 Å². The number of halogens is 3. The lowest BCUT2D eigenvalue weighted by molar-refractivity contribution is -0.274. The van der Waals surface area contributed by atoms with Crippen LogP contribution in [-0.4, -0.2) is 33.0 Å². The first-order valence-electron chi connectivity index (χ1n) is 9.05. The first kappa shape index (κ1) is 20.7. The SMILES string of the molecule is O=C(O)c1cc2cc(-c3cnsc3)ccc2n1CCOc1ccc(OC(F)(F)F)cc1. The average Bonchev–Trinajstić information content (AvgIpc) is 3.36. The Morgan fingerprint density at radius 1 is 1.06 bits per heavy atom. The Kier molecular flexibility index (Phi) is 5.55. The van der Waals surface area contributed by atoms with Crippen molar-refractivity contribution >= 4 is 28.4 Å². The zero-order chi connectivity index (χ0) is 22.0. The van der Waals surface area contributed by atoms with Gasteiger partial charge in [0.1, 0.15) is 23.8 Å². The third kappa shape index (κ3) is 4.80. The van der Waals surface area contributed by atoms with Gasteiger partial charge >= 0.3 is 12.3 Å². The normalized spacial score (nSPS) is 11.6. The summed E-state index contributed by atoms with van der Waals surface area (Å²) in [6, 6.07) is 12.3. The molecule has 10 heteroatoms. The second-order valence-electron chi connectivity index (χ2n) is 6.54. The van der Waals surface area contributed by atoms with Gasteiger partial charge in [-0.15, -0.1) is 13.2 Å². The Balaban J connectivity index is 1.50. The summed E-state index contributed by atoms with van der Waals surface area (Å²) in [6.07, 6.45) is -3.01. The zero-order valence-electron chi connectivity index (χ0n) is 15.8. The lowest BCUT2D eigenvalue weighted by Crippen LogP contribution is -2.17. The monoisotopic (exact) mass is 448 g/mol. The molecule has 2 heterocycles. The molecule has 2 aromatic carbocycles. The number of alkyl halides is 3. The van der Waals surface area contributed by atoms with Gasteiger partial charge in [0.15, 0.2) is 0 Å². The fraction of sp³-hybridized carbons (Fsp3) is 0.143. The van der Waals surface area contributed by atoms with E-state index in [2.05, 4.69) is 9.11 Å². The van der Waals surface area contributed by atoms with E-state index in [-0.39, 0.29) is 24.6 Å². The molecule has 0 aliphatic carbocycles. The molecule has 0 atom stereocenters. The minimum absolute atomic E-state index is 0.119. The second-order valence-corrected chi connectivity index (χ2v) is 7.20. The molecule has 0 amide bonds. The summed E-state index contributed by atoms with van der Waals surface area (Å²) in [5.41, 5.74) is 2.75. The number of carbonyl (C=O) groups is 1. The van der Waals surface area contributed by atoms with Crippen molar-refractivity contribution in [1.29, 1.82) is 0 Å². The first-order valence-corrected chi connectivity index (χ1v) is 9.89. The van der Waals surface area contributed by atoms with Crippen molar-refractivity contribution < 1.29 is 32.5 Å². The molecule has 0 radical (unpaired) electrons. The maximum Gasteiger partial charge on any atom is 0.573 e. The van der Waals surface area contributed by atoms with Crippen LogP contribution in [0.5, 0.6) is 11.5 Å². The van der Waals surface area contributed by atoms with Gasteiger partial charge in [-0.1, -0.05) is 6.07 Å². The van der Waals surface area contributed by atoms with Gasteiger partial charge in [-0.25, -0.2) is 9.17 Å². The molecule has 0 bridgehead atoms. The van der Waals surface area contributed by atoms with Gasteiger partial charge in [0, 0.05) is 28.0 Å². The number of aromatic carboxylic acids is 1. The highest BCUT2D eigenvalue weighted by Gasteiger charge is 2.31. The molecule has 0 saturated heterocycles. The molecule has 31 heavy (non-hydrogen) atoms. The number of rotatable bonds is 7. The van der Waals surface area contributed by atoms with Crippen LogP contribution in [0.2, 0.25) is 0 Å². The molecular formula is C21H15F3N2O4S. The van der Waals surface area contributed by atoms with Crippen LogP contribution in [-0.2, 0) is 6.54 Å². The van der Waals surface area contributed by atoms with Crippen molar-refractivity contribution in [2.24, 2.45) is 0 Å². The van der Waals surface area contributed by atoms with E-state index in [1.54, 1.807) is 16.8 Å². The number of fused-ring (bicyclic) bond motifs is 1. The lowest BCUT2D eigenvalue weighted by Gasteiger charge is -2.12. The van der Waals surface area contributed by atoms with E-state index in [9.17, 15) is 23.1 Å². The maximum atomic E-state index is 12.2. The van der Waals surface area contributed by atoms with Gasteiger partial charge in [0.05, 0.1) is 6.54 Å². The summed E-state index contributed by atoms with van der Waals surface area (Å²) in [5.74, 6) is -1.07. The van der Waals surface area contributed by atoms with E-state index >= 15 is 0 Å². The number of aromatic nitrogens is 2. The molecule has 6 nitrogen and oxygen atoms in total. The number of benzene rings is 2. The van der Waals surface area contributed by atoms with Crippen LogP contribution < -0.4 is 9.47 Å². The number of hydrogen-bond donors (Lipinski definition) is 1. The van der Waals surface area contributed by atoms with E-state index in [0.717, 1.165) is 34.2 Å². The number of carboxylic acids is 1. The Morgan fingerprint density at radius 2 is 1.81 bits per heavy atom. The van der Waals surface area contributed by atoms with E-state index in [1.807, 2.05) is 23.6 Å². The molecule has 2 aromatic heterocycles. The quantitative estimate of drug-likeness (QED) is 0.408. The maximum absolute atomic E-state index is 12.2. The van der Waals surface area contributed by atoms with Gasteiger partial charge in [0.25, 0.3) is 0 Å². The molecule has 0 unspecified atom stereocenters. The number of carboxylic acid groups (broad SMARTS) is 1. The topological polar surface area (TPSA) is 73.6 Å². The zero-order valence-corrected chi connectivity index (χ0v) is 16.6. The molecule has 4 aromatic rings. The van der Waals surface area contributed by atoms with Crippen molar-refractivity contribution in [2.45, 2.75) is 12.9 Å². The van der Waals surface area contributed by atoms with Crippen molar-refractivity contribution in [1.82, 2.24) is 8.94 Å². The highest BCUT2D eigenvalue weighted by Crippen LogP contribution is 2.28. The molecule has 0 spiro atoms. The molecular weight excluding hydrogens is 433 g/mol. The van der Waals surface area contributed by atoms with Crippen molar-refractivity contribution in [3.05, 3.63) is 65.8 Å². The Hall–Kier alpha value is -3.53. The standard InChI is InChI=1S/C21H15F3N2O4S/c22-21(23,24)30-17-4-2-16(3-5-17)29-8-7-26-18-6-1-13(15-11-25-31-12-15)9-14(18)10-19(26)20(27)28/h1-6,9-12H,7-8H2,(H,27,28). The van der Waals surface area contributed by atoms with Gasteiger partial charge in [0.2, 0.25) is 0 Å². The molecule has 160 valence electrons. The van der Waals surface area contributed by atoms with Crippen LogP contribution in [0.15, 0.2) is 60.1 Å². The summed E-state index contributed by atoms with van der Waals surface area (Å²) in [7, 11) is 0. The van der Waals surface area contributed by atoms with Crippen LogP contribution in [0.4, 0.5) is 13.2 Å². The summed E-state index contributed by atoms with van der Waals surface area (Å²) < 4.78 is 51.8. The third-order valence-electron chi connectivity index (χ3n) is 4.53. The first-order chi connectivity index (χ1) is 14.8. The van der Waals surface area contributed by atoms with Crippen LogP contribution in [0.1, 0.15) is 10.5 Å². The average molecular weight is 448 g/mol. The van der Waals surface area contributed by atoms with Crippen LogP contribution >= 0.6 is 11.5 Å². The smallest absolute Gasteiger partial charge is 0.492 e. The lowest BCUT2D eigenvalue weighted by atomic mass is 10.1. The second kappa shape index (κ2) is 8.31. The molecule has 0 aliphatic rings. The fourth-order valence-electron chi connectivity index (χ4n) is 3.21. The van der Waals surface area contributed by atoms with Crippen LogP contribution in [0.25, 0.3) is 22.0 Å². The van der Waals surface area contributed by atoms with Crippen molar-refractivity contribution in [2.75, 3.05) is 6.61 Å². The summed E-state index contributed by atoms with van der Waals surface area (Å²) in [5, 5.41) is 12.3. The van der Waals surface area contributed by atoms with Gasteiger partial charge < -0.3 is 19.1 Å². The van der Waals surface area contributed by atoms with E-state index in [1.165, 1.54) is 23.7 Å². The van der Waals surface area contributed by atoms with E-state index in [4.69, 9.17) is 4.74 Å². The number of hydrogen-bond acceptors (Lipinski definition) is 5. The predicted molar refractivity (Wildman–Crippen MR) is 109 cm³/mol. The highest BCUT2D eigenvalue weighted by molar-refractivity contribution is 7.03. The minimum atomic E-state index is -4.76. The number of ether oxygens (including phenoxy) is 2. The Morgan fingerprint density at radius 3 is 2.45 bits per heavy atom. The van der Waals surface area contributed by atoms with E-state index in [0.29, 0.717) is 5.75 Å². The molecule has 1 N–H and O–H groups in total. The van der Waals surface area contributed by atoms with Crippen molar-refractivity contribution in [3.63, 3.8) is 0 Å². The minimum Gasteiger partial charge on any atom is -0.492 e. The van der Waals surface area contributed by atoms with Crippen LogP contribution in [0, 0.1) is 0 Å². The van der Waals surface area contributed by atoms with Gasteiger partial charge in [-0.05, 0) is 59.6 Å². The van der Waals surface area contributed by atoms with E-state index < -0.39 is 12.3 Å². The third-order valence-corrected chi connectivity index (χ3v) is 5.11. The summed E-state index contributed by atoms with van der Waals surface area (Å²) >= 11 is 1.34. The fourth-order valence-corrected chi connectivity index (χ4v) is 3.75. The van der Waals surface area contributed by atoms with Gasteiger partial charge in [-0.2, -0.15) is 0 Å². The van der Waals surface area contributed by atoms with Gasteiger partial charge in [-0.3, -0.25) is 0 Å². The Bertz CT molecular complexity index is 1200. The largest absolute Gasteiger partial charge is 0.573 e. The molecule has 0 aliphatic heterocycles. The predicted octanol–water partition coefficient (Wildman–Crippen LogP) is 5.44.